The fraction of sp³-hybridized carbons (Fsp3) is 0.875. The van der Waals surface area contributed by atoms with Gasteiger partial charge in [0.05, 0.1) is 19.3 Å². The lowest BCUT2D eigenvalue weighted by Crippen LogP contribution is -2.44. The molecule has 0 amide bonds. The second-order valence-corrected chi connectivity index (χ2v) is 3.24. The molecule has 1 saturated carbocycles. The summed E-state index contributed by atoms with van der Waals surface area (Å²) < 4.78 is 5.22. The largest absolute Gasteiger partial charge is 0.379 e. The zero-order valence-electron chi connectivity index (χ0n) is 6.55. The van der Waals surface area contributed by atoms with Crippen molar-refractivity contribution in [1.82, 2.24) is 4.90 Å². The van der Waals surface area contributed by atoms with E-state index in [4.69, 9.17) is 10.00 Å². The topological polar surface area (TPSA) is 36.3 Å². The molecule has 0 aromatic rings. The molecule has 1 saturated heterocycles. The molecule has 1 heterocycles. The van der Waals surface area contributed by atoms with Crippen LogP contribution in [0.2, 0.25) is 0 Å². The molecule has 1 aliphatic carbocycles. The number of rotatable bonds is 1. The molecule has 1 aliphatic heterocycles. The summed E-state index contributed by atoms with van der Waals surface area (Å²) in [6.45, 7) is 3.47. The first-order valence-corrected chi connectivity index (χ1v) is 4.11. The van der Waals surface area contributed by atoms with E-state index in [1.165, 1.54) is 0 Å². The third-order valence-corrected chi connectivity index (χ3v) is 2.55. The molecule has 2 fully saturated rings. The van der Waals surface area contributed by atoms with Crippen molar-refractivity contribution in [2.75, 3.05) is 26.3 Å². The highest BCUT2D eigenvalue weighted by Gasteiger charge is 2.48. The molecule has 60 valence electrons. The molecule has 0 bridgehead atoms. The van der Waals surface area contributed by atoms with Crippen molar-refractivity contribution in [2.24, 2.45) is 0 Å². The van der Waals surface area contributed by atoms with Crippen LogP contribution in [-0.4, -0.2) is 36.7 Å². The Kier molecular flexibility index (Phi) is 1.59. The predicted octanol–water partition coefficient (Wildman–Crippen LogP) is 0.375. The lowest BCUT2D eigenvalue weighted by molar-refractivity contribution is 0.0216. The van der Waals surface area contributed by atoms with Gasteiger partial charge in [0.25, 0.3) is 0 Å². The van der Waals surface area contributed by atoms with E-state index in [0.717, 1.165) is 39.1 Å². The molecule has 0 unspecified atom stereocenters. The molecule has 0 spiro atoms. The summed E-state index contributed by atoms with van der Waals surface area (Å²) in [6.07, 6.45) is 2.12. The molecule has 0 atom stereocenters. The number of nitrogens with zero attached hydrogens (tertiary/aromatic N) is 2. The van der Waals surface area contributed by atoms with Gasteiger partial charge in [0.2, 0.25) is 0 Å². The third-order valence-electron chi connectivity index (χ3n) is 2.55. The van der Waals surface area contributed by atoms with Crippen molar-refractivity contribution in [3.63, 3.8) is 0 Å². The van der Waals surface area contributed by atoms with Gasteiger partial charge in [-0.05, 0) is 12.8 Å². The second kappa shape index (κ2) is 2.47. The van der Waals surface area contributed by atoms with Crippen LogP contribution in [0.5, 0.6) is 0 Å². The maximum absolute atomic E-state index is 8.88. The Morgan fingerprint density at radius 1 is 1.27 bits per heavy atom. The van der Waals surface area contributed by atoms with Gasteiger partial charge in [-0.25, -0.2) is 0 Å². The van der Waals surface area contributed by atoms with E-state index >= 15 is 0 Å². The summed E-state index contributed by atoms with van der Waals surface area (Å²) in [5, 5.41) is 8.88. The lowest BCUT2D eigenvalue weighted by atomic mass is 10.2. The maximum Gasteiger partial charge on any atom is 0.109 e. The average Bonchev–Trinajstić information content (AvgIpc) is 2.86. The third kappa shape index (κ3) is 1.13. The highest BCUT2D eigenvalue weighted by atomic mass is 16.5. The molecule has 3 heteroatoms. The monoisotopic (exact) mass is 152 g/mol. The van der Waals surface area contributed by atoms with Gasteiger partial charge in [-0.15, -0.1) is 0 Å². The van der Waals surface area contributed by atoms with E-state index in [9.17, 15) is 0 Å². The fourth-order valence-electron chi connectivity index (χ4n) is 1.61. The van der Waals surface area contributed by atoms with Crippen LogP contribution in [-0.2, 0) is 4.74 Å². The molecule has 2 rings (SSSR count). The number of hydrogen-bond donors (Lipinski definition) is 0. The van der Waals surface area contributed by atoms with Gasteiger partial charge in [0.1, 0.15) is 5.54 Å². The van der Waals surface area contributed by atoms with Gasteiger partial charge in [-0.3, -0.25) is 4.90 Å². The van der Waals surface area contributed by atoms with Gasteiger partial charge in [-0.1, -0.05) is 0 Å². The Hall–Kier alpha value is -0.590. The van der Waals surface area contributed by atoms with Crippen molar-refractivity contribution in [1.29, 1.82) is 5.26 Å². The van der Waals surface area contributed by atoms with E-state index in [1.807, 2.05) is 0 Å². The number of nitriles is 1. The molecular formula is C8H12N2O. The Morgan fingerprint density at radius 3 is 2.36 bits per heavy atom. The molecule has 3 nitrogen and oxygen atoms in total. The van der Waals surface area contributed by atoms with Gasteiger partial charge >= 0.3 is 0 Å². The summed E-state index contributed by atoms with van der Waals surface area (Å²) in [4.78, 5) is 2.26. The van der Waals surface area contributed by atoms with Crippen LogP contribution in [0.1, 0.15) is 12.8 Å². The molecular weight excluding hydrogens is 140 g/mol. The standard InChI is InChI=1S/C8H12N2O/c9-7-8(1-2-8)10-3-5-11-6-4-10/h1-6H2. The minimum atomic E-state index is -0.0796. The molecule has 0 N–H and O–H groups in total. The van der Waals surface area contributed by atoms with Crippen molar-refractivity contribution in [2.45, 2.75) is 18.4 Å². The summed E-state index contributed by atoms with van der Waals surface area (Å²) in [5.74, 6) is 0. The number of ether oxygens (including phenoxy) is 1. The first-order chi connectivity index (χ1) is 5.37. The highest BCUT2D eigenvalue weighted by molar-refractivity contribution is 5.19. The second-order valence-electron chi connectivity index (χ2n) is 3.24. The molecule has 0 radical (unpaired) electrons. The molecule has 0 aromatic heterocycles. The zero-order valence-corrected chi connectivity index (χ0v) is 6.55. The fourth-order valence-corrected chi connectivity index (χ4v) is 1.61. The predicted molar refractivity (Wildman–Crippen MR) is 40.0 cm³/mol. The van der Waals surface area contributed by atoms with E-state index in [2.05, 4.69) is 11.0 Å². The van der Waals surface area contributed by atoms with Crippen LogP contribution < -0.4 is 0 Å². The van der Waals surface area contributed by atoms with E-state index in [-0.39, 0.29) is 5.54 Å². The van der Waals surface area contributed by atoms with Gasteiger partial charge in [0, 0.05) is 13.1 Å². The van der Waals surface area contributed by atoms with Gasteiger partial charge in [0.15, 0.2) is 0 Å². The SMILES string of the molecule is N#CC1(N2CCOCC2)CC1. The minimum Gasteiger partial charge on any atom is -0.379 e. The Labute approximate surface area is 66.5 Å². The van der Waals surface area contributed by atoms with E-state index < -0.39 is 0 Å². The minimum absolute atomic E-state index is 0.0796. The van der Waals surface area contributed by atoms with E-state index in [1.54, 1.807) is 0 Å². The zero-order chi connectivity index (χ0) is 7.73. The smallest absolute Gasteiger partial charge is 0.109 e. The van der Waals surface area contributed by atoms with Crippen LogP contribution in [0.25, 0.3) is 0 Å². The maximum atomic E-state index is 8.88. The Morgan fingerprint density at radius 2 is 1.91 bits per heavy atom. The van der Waals surface area contributed by atoms with Crippen LogP contribution in [0, 0.1) is 11.3 Å². The molecule has 0 aromatic carbocycles. The van der Waals surface area contributed by atoms with Gasteiger partial charge < -0.3 is 4.74 Å². The first kappa shape index (κ1) is 7.08. The summed E-state index contributed by atoms with van der Waals surface area (Å²) in [6, 6.07) is 2.39. The normalized spacial score (nSPS) is 29.4. The average molecular weight is 152 g/mol. The van der Waals surface area contributed by atoms with Crippen LogP contribution >= 0.6 is 0 Å². The summed E-state index contributed by atoms with van der Waals surface area (Å²) >= 11 is 0. The van der Waals surface area contributed by atoms with Crippen molar-refractivity contribution < 1.29 is 4.74 Å². The first-order valence-electron chi connectivity index (χ1n) is 4.11. The highest BCUT2D eigenvalue weighted by Crippen LogP contribution is 2.41. The van der Waals surface area contributed by atoms with Crippen LogP contribution in [0.15, 0.2) is 0 Å². The summed E-state index contributed by atoms with van der Waals surface area (Å²) in [5.41, 5.74) is -0.0796. The van der Waals surface area contributed by atoms with Gasteiger partial charge in [-0.2, -0.15) is 5.26 Å². The Bertz CT molecular complexity index is 187. The summed E-state index contributed by atoms with van der Waals surface area (Å²) in [7, 11) is 0. The number of hydrogen-bond acceptors (Lipinski definition) is 3. The number of morpholine rings is 1. The molecule has 2 aliphatic rings. The van der Waals surface area contributed by atoms with Crippen LogP contribution in [0.3, 0.4) is 0 Å². The van der Waals surface area contributed by atoms with Crippen molar-refractivity contribution >= 4 is 0 Å². The Balaban J connectivity index is 1.99. The lowest BCUT2D eigenvalue weighted by Gasteiger charge is -2.30. The molecule has 11 heavy (non-hydrogen) atoms. The quantitative estimate of drug-likeness (QED) is 0.545. The van der Waals surface area contributed by atoms with E-state index in [0.29, 0.717) is 0 Å². The van der Waals surface area contributed by atoms with Crippen molar-refractivity contribution in [3.8, 4) is 6.07 Å². The van der Waals surface area contributed by atoms with Crippen molar-refractivity contribution in [3.05, 3.63) is 0 Å². The van der Waals surface area contributed by atoms with Crippen LogP contribution in [0.4, 0.5) is 0 Å².